The van der Waals surface area contributed by atoms with Gasteiger partial charge in [-0.15, -0.1) is 0 Å². The van der Waals surface area contributed by atoms with Crippen molar-refractivity contribution in [2.24, 2.45) is 5.92 Å². The Bertz CT molecular complexity index is 971. The number of rotatable bonds is 4. The SMILES string of the molecule is C=C1C(=O)O[C@H]2[C@H]1CC/C(CNS(=O)(=O)c1ccc(F)cc1)=C\CC[C@@]1(C)O[C@@H]21. The number of allylic oxidation sites excluding steroid dienone is 1. The average molecular weight is 421 g/mol. The van der Waals surface area contributed by atoms with E-state index in [1.54, 1.807) is 0 Å². The Hall–Kier alpha value is -2.03. The minimum Gasteiger partial charge on any atom is -0.455 e. The van der Waals surface area contributed by atoms with E-state index >= 15 is 0 Å². The standard InChI is InChI=1S/C21H24FNO5S/c1-13-17-10-5-14(12-23-29(25,26)16-8-6-15(22)7-9-16)4-3-11-21(2)19(28-21)18(17)27-20(13)24/h4,6-9,17-19,23H,1,3,5,10-12H2,2H3/b14-4+/t17-,18-,19-,21+/m0/s1. The predicted molar refractivity (Wildman–Crippen MR) is 104 cm³/mol. The van der Waals surface area contributed by atoms with Crippen molar-refractivity contribution < 1.29 is 27.1 Å². The van der Waals surface area contributed by atoms with Crippen LogP contribution in [-0.4, -0.2) is 38.7 Å². The van der Waals surface area contributed by atoms with Gasteiger partial charge in [0.05, 0.1) is 10.5 Å². The van der Waals surface area contributed by atoms with Crippen LogP contribution in [0.15, 0.2) is 53.0 Å². The second-order valence-corrected chi connectivity index (χ2v) is 9.84. The molecule has 1 aromatic rings. The first kappa shape index (κ1) is 20.3. The van der Waals surface area contributed by atoms with Gasteiger partial charge in [-0.2, -0.15) is 0 Å². The maximum absolute atomic E-state index is 13.1. The Morgan fingerprint density at radius 2 is 2.03 bits per heavy atom. The summed E-state index contributed by atoms with van der Waals surface area (Å²) >= 11 is 0. The molecule has 2 heterocycles. The van der Waals surface area contributed by atoms with E-state index in [1.165, 1.54) is 12.1 Å². The van der Waals surface area contributed by atoms with Crippen LogP contribution in [0.5, 0.6) is 0 Å². The zero-order chi connectivity index (χ0) is 20.8. The van der Waals surface area contributed by atoms with Gasteiger partial charge in [0.2, 0.25) is 10.0 Å². The number of hydrogen-bond donors (Lipinski definition) is 1. The predicted octanol–water partition coefficient (Wildman–Crippen LogP) is 2.86. The number of fused-ring (bicyclic) bond motifs is 3. The van der Waals surface area contributed by atoms with Gasteiger partial charge in [0.25, 0.3) is 0 Å². The highest BCUT2D eigenvalue weighted by Crippen LogP contribution is 2.49. The average Bonchev–Trinajstić information content (AvgIpc) is 3.26. The third-order valence-corrected chi connectivity index (χ3v) is 7.47. The Morgan fingerprint density at radius 3 is 2.76 bits per heavy atom. The van der Waals surface area contributed by atoms with Gasteiger partial charge in [-0.1, -0.05) is 18.2 Å². The number of benzene rings is 1. The second-order valence-electron chi connectivity index (χ2n) is 8.07. The molecule has 0 bridgehead atoms. The molecule has 0 amide bonds. The van der Waals surface area contributed by atoms with E-state index in [0.29, 0.717) is 18.4 Å². The number of carbonyl (C=O) groups is 1. The molecule has 2 aliphatic heterocycles. The summed E-state index contributed by atoms with van der Waals surface area (Å²) in [6.07, 6.45) is 4.36. The van der Waals surface area contributed by atoms with Crippen molar-refractivity contribution in [1.29, 1.82) is 0 Å². The molecule has 6 nitrogen and oxygen atoms in total. The summed E-state index contributed by atoms with van der Waals surface area (Å²) in [7, 11) is -3.74. The van der Waals surface area contributed by atoms with Crippen LogP contribution in [0.3, 0.4) is 0 Å². The molecule has 4 rings (SSSR count). The van der Waals surface area contributed by atoms with E-state index in [4.69, 9.17) is 9.47 Å². The summed E-state index contributed by atoms with van der Waals surface area (Å²) in [5.74, 6) is -1.000. The van der Waals surface area contributed by atoms with E-state index in [2.05, 4.69) is 11.3 Å². The van der Waals surface area contributed by atoms with Crippen LogP contribution < -0.4 is 4.72 Å². The zero-order valence-electron chi connectivity index (χ0n) is 16.2. The summed E-state index contributed by atoms with van der Waals surface area (Å²) in [4.78, 5) is 12.0. The first-order valence-electron chi connectivity index (χ1n) is 9.70. The van der Waals surface area contributed by atoms with Gasteiger partial charge in [0.1, 0.15) is 18.0 Å². The van der Waals surface area contributed by atoms with Crippen LogP contribution in [0.25, 0.3) is 0 Å². The molecule has 0 unspecified atom stereocenters. The topological polar surface area (TPSA) is 85.0 Å². The van der Waals surface area contributed by atoms with E-state index < -0.39 is 15.8 Å². The van der Waals surface area contributed by atoms with Crippen LogP contribution in [-0.2, 0) is 24.3 Å². The number of sulfonamides is 1. The fourth-order valence-electron chi connectivity index (χ4n) is 4.17. The van der Waals surface area contributed by atoms with Gasteiger partial charge in [-0.05, 0) is 56.9 Å². The third kappa shape index (κ3) is 4.01. The first-order chi connectivity index (χ1) is 13.7. The molecule has 0 saturated carbocycles. The molecule has 0 aromatic heterocycles. The highest BCUT2D eigenvalue weighted by Gasteiger charge is 2.61. The molecule has 29 heavy (non-hydrogen) atoms. The van der Waals surface area contributed by atoms with Crippen molar-refractivity contribution >= 4 is 16.0 Å². The molecular weight excluding hydrogens is 397 g/mol. The minimum absolute atomic E-state index is 0.0179. The maximum atomic E-state index is 13.1. The number of hydrogen-bond acceptors (Lipinski definition) is 5. The molecular formula is C21H24FNO5S. The van der Waals surface area contributed by atoms with Crippen molar-refractivity contribution in [3.8, 4) is 0 Å². The molecule has 1 aromatic carbocycles. The Labute approximate surface area is 169 Å². The van der Waals surface area contributed by atoms with Crippen LogP contribution >= 0.6 is 0 Å². The largest absolute Gasteiger partial charge is 0.455 e. The maximum Gasteiger partial charge on any atom is 0.334 e. The zero-order valence-corrected chi connectivity index (χ0v) is 17.0. The Balaban J connectivity index is 1.47. The van der Waals surface area contributed by atoms with Gasteiger partial charge >= 0.3 is 5.97 Å². The van der Waals surface area contributed by atoms with Gasteiger partial charge in [0, 0.05) is 18.0 Å². The molecule has 4 atom stereocenters. The summed E-state index contributed by atoms with van der Waals surface area (Å²) in [6.45, 7) is 6.05. The summed E-state index contributed by atoms with van der Waals surface area (Å²) in [5, 5.41) is 0. The molecule has 0 radical (unpaired) electrons. The Kier molecular flexibility index (Phi) is 5.13. The lowest BCUT2D eigenvalue weighted by Gasteiger charge is -2.20. The van der Waals surface area contributed by atoms with Crippen LogP contribution in [0.4, 0.5) is 4.39 Å². The molecule has 156 valence electrons. The fourth-order valence-corrected chi connectivity index (χ4v) is 5.20. The normalized spacial score (nSPS) is 33.9. The van der Waals surface area contributed by atoms with Crippen molar-refractivity contribution in [3.05, 3.63) is 53.9 Å². The van der Waals surface area contributed by atoms with Gasteiger partial charge in [-0.25, -0.2) is 22.3 Å². The lowest BCUT2D eigenvalue weighted by atomic mass is 9.84. The summed E-state index contributed by atoms with van der Waals surface area (Å²) < 4.78 is 52.0. The first-order valence-corrected chi connectivity index (χ1v) is 11.2. The fraction of sp³-hybridized carbons (Fsp3) is 0.476. The smallest absolute Gasteiger partial charge is 0.334 e. The lowest BCUT2D eigenvalue weighted by molar-refractivity contribution is -0.140. The number of nitrogens with one attached hydrogen (secondary N) is 1. The molecule has 1 aliphatic carbocycles. The summed E-state index contributed by atoms with van der Waals surface area (Å²) in [6, 6.07) is 4.71. The lowest BCUT2D eigenvalue weighted by Crippen LogP contribution is -2.30. The van der Waals surface area contributed by atoms with Crippen LogP contribution in [0.2, 0.25) is 0 Å². The van der Waals surface area contributed by atoms with Crippen LogP contribution in [0, 0.1) is 11.7 Å². The number of esters is 1. The van der Waals surface area contributed by atoms with E-state index in [0.717, 1.165) is 30.5 Å². The number of ether oxygens (including phenoxy) is 2. The third-order valence-electron chi connectivity index (χ3n) is 6.05. The van der Waals surface area contributed by atoms with Crippen molar-refractivity contribution in [2.45, 2.75) is 55.3 Å². The number of epoxide rings is 1. The monoisotopic (exact) mass is 421 g/mol. The molecule has 2 saturated heterocycles. The van der Waals surface area contributed by atoms with Gasteiger partial charge < -0.3 is 9.47 Å². The van der Waals surface area contributed by atoms with E-state index in [-0.39, 0.29) is 41.1 Å². The van der Waals surface area contributed by atoms with Gasteiger partial charge in [0.15, 0.2) is 0 Å². The number of halogens is 1. The number of carbonyl (C=O) groups excluding carboxylic acids is 1. The van der Waals surface area contributed by atoms with E-state index in [1.807, 2.05) is 13.0 Å². The molecule has 8 heteroatoms. The Morgan fingerprint density at radius 1 is 1.31 bits per heavy atom. The minimum atomic E-state index is -3.74. The van der Waals surface area contributed by atoms with E-state index in [9.17, 15) is 17.6 Å². The molecule has 0 spiro atoms. The van der Waals surface area contributed by atoms with Crippen molar-refractivity contribution in [2.75, 3.05) is 6.54 Å². The van der Waals surface area contributed by atoms with Crippen molar-refractivity contribution in [1.82, 2.24) is 4.72 Å². The van der Waals surface area contributed by atoms with Crippen molar-refractivity contribution in [3.63, 3.8) is 0 Å². The van der Waals surface area contributed by atoms with Gasteiger partial charge in [-0.3, -0.25) is 0 Å². The summed E-state index contributed by atoms with van der Waals surface area (Å²) in [5.41, 5.74) is 1.06. The molecule has 3 aliphatic rings. The highest BCUT2D eigenvalue weighted by molar-refractivity contribution is 7.89. The highest BCUT2D eigenvalue weighted by atomic mass is 32.2. The quantitative estimate of drug-likeness (QED) is 0.350. The molecule has 1 N–H and O–H groups in total. The van der Waals surface area contributed by atoms with Crippen LogP contribution in [0.1, 0.15) is 32.6 Å². The molecule has 2 fully saturated rings. The second kappa shape index (κ2) is 7.34.